The average molecular weight is 268 g/mol. The number of fused-ring (bicyclic) bond motifs is 1. The lowest BCUT2D eigenvalue weighted by Crippen LogP contribution is -2.27. The first-order valence-corrected chi connectivity index (χ1v) is 7.34. The van der Waals surface area contributed by atoms with E-state index in [1.165, 1.54) is 22.5 Å². The van der Waals surface area contributed by atoms with Crippen molar-refractivity contribution in [3.05, 3.63) is 52.9 Å². The molecule has 0 spiro atoms. The van der Waals surface area contributed by atoms with Crippen molar-refractivity contribution in [3.8, 4) is 0 Å². The molecule has 4 nitrogen and oxygen atoms in total. The molecule has 0 radical (unpaired) electrons. The Balaban J connectivity index is 1.93. The number of hydrogen-bond donors (Lipinski definition) is 1. The van der Waals surface area contributed by atoms with Crippen molar-refractivity contribution in [3.63, 3.8) is 0 Å². The van der Waals surface area contributed by atoms with Crippen LogP contribution in [0.2, 0.25) is 0 Å². The Bertz CT molecular complexity index is 581. The van der Waals surface area contributed by atoms with Gasteiger partial charge in [-0.2, -0.15) is 0 Å². The van der Waals surface area contributed by atoms with E-state index in [2.05, 4.69) is 17.2 Å². The smallest absolute Gasteiger partial charge is 0.133 e. The highest BCUT2D eigenvalue weighted by atomic mass is 14.9. The van der Waals surface area contributed by atoms with Gasteiger partial charge in [0.1, 0.15) is 5.82 Å². The van der Waals surface area contributed by atoms with E-state index in [-0.39, 0.29) is 0 Å². The fourth-order valence-electron chi connectivity index (χ4n) is 2.67. The predicted molar refractivity (Wildman–Crippen MR) is 78.5 cm³/mol. The number of aromatic nitrogens is 3. The summed E-state index contributed by atoms with van der Waals surface area (Å²) in [5.74, 6) is 0.945. The zero-order valence-electron chi connectivity index (χ0n) is 11.9. The van der Waals surface area contributed by atoms with Crippen LogP contribution in [0.5, 0.6) is 0 Å². The minimum Gasteiger partial charge on any atom is -0.312 e. The lowest BCUT2D eigenvalue weighted by molar-refractivity contribution is 0.608. The van der Waals surface area contributed by atoms with Gasteiger partial charge in [0.2, 0.25) is 0 Å². The van der Waals surface area contributed by atoms with Crippen LogP contribution in [-0.2, 0) is 25.8 Å². The summed E-state index contributed by atoms with van der Waals surface area (Å²) in [4.78, 5) is 13.6. The first-order valence-electron chi connectivity index (χ1n) is 7.34. The van der Waals surface area contributed by atoms with Gasteiger partial charge in [0, 0.05) is 49.6 Å². The van der Waals surface area contributed by atoms with E-state index in [0.29, 0.717) is 0 Å². The third kappa shape index (κ3) is 2.85. The second-order valence-electron chi connectivity index (χ2n) is 5.22. The normalized spacial score (nSPS) is 14.1. The second kappa shape index (κ2) is 6.09. The SMILES string of the molecule is CCCc1nc(Cc2ccncc2)nc2c1CNCC2. The van der Waals surface area contributed by atoms with Crippen LogP contribution in [-0.4, -0.2) is 21.5 Å². The summed E-state index contributed by atoms with van der Waals surface area (Å²) in [6.07, 6.45) is 7.61. The maximum absolute atomic E-state index is 4.80. The summed E-state index contributed by atoms with van der Waals surface area (Å²) in [6.45, 7) is 4.14. The van der Waals surface area contributed by atoms with Crippen LogP contribution < -0.4 is 5.32 Å². The number of aryl methyl sites for hydroxylation is 1. The summed E-state index contributed by atoms with van der Waals surface area (Å²) < 4.78 is 0. The summed E-state index contributed by atoms with van der Waals surface area (Å²) in [5.41, 5.74) is 5.02. The molecule has 3 heterocycles. The molecular formula is C16H20N4. The Labute approximate surface area is 119 Å². The Morgan fingerprint density at radius 2 is 2.05 bits per heavy atom. The number of rotatable bonds is 4. The van der Waals surface area contributed by atoms with Crippen molar-refractivity contribution in [1.82, 2.24) is 20.3 Å². The number of pyridine rings is 1. The second-order valence-corrected chi connectivity index (χ2v) is 5.22. The number of nitrogens with zero attached hydrogens (tertiary/aromatic N) is 3. The van der Waals surface area contributed by atoms with Crippen LogP contribution in [0.25, 0.3) is 0 Å². The highest BCUT2D eigenvalue weighted by Gasteiger charge is 2.16. The van der Waals surface area contributed by atoms with Gasteiger partial charge in [-0.15, -0.1) is 0 Å². The highest BCUT2D eigenvalue weighted by molar-refractivity contribution is 5.29. The van der Waals surface area contributed by atoms with Crippen LogP contribution in [0, 0.1) is 0 Å². The van der Waals surface area contributed by atoms with Crippen LogP contribution >= 0.6 is 0 Å². The zero-order chi connectivity index (χ0) is 13.8. The largest absolute Gasteiger partial charge is 0.312 e. The molecule has 1 aliphatic heterocycles. The predicted octanol–water partition coefficient (Wildman–Crippen LogP) is 2.06. The number of hydrogen-bond acceptors (Lipinski definition) is 4. The topological polar surface area (TPSA) is 50.7 Å². The molecule has 0 aromatic carbocycles. The average Bonchev–Trinajstić information content (AvgIpc) is 2.49. The molecule has 0 saturated heterocycles. The monoisotopic (exact) mass is 268 g/mol. The summed E-state index contributed by atoms with van der Waals surface area (Å²) in [7, 11) is 0. The maximum atomic E-state index is 4.80. The Morgan fingerprint density at radius 1 is 1.20 bits per heavy atom. The first-order chi connectivity index (χ1) is 9.86. The van der Waals surface area contributed by atoms with Gasteiger partial charge >= 0.3 is 0 Å². The summed E-state index contributed by atoms with van der Waals surface area (Å²) in [5, 5.41) is 3.42. The molecule has 0 saturated carbocycles. The van der Waals surface area contributed by atoms with E-state index in [9.17, 15) is 0 Å². The Kier molecular flexibility index (Phi) is 4.02. The minimum atomic E-state index is 0.792. The van der Waals surface area contributed by atoms with Crippen LogP contribution in [0.15, 0.2) is 24.5 Å². The molecule has 1 N–H and O–H groups in total. The fourth-order valence-corrected chi connectivity index (χ4v) is 2.67. The van der Waals surface area contributed by atoms with Crippen LogP contribution in [0.3, 0.4) is 0 Å². The van der Waals surface area contributed by atoms with Crippen molar-refractivity contribution >= 4 is 0 Å². The molecule has 4 heteroatoms. The molecule has 0 atom stereocenters. The first kappa shape index (κ1) is 13.2. The van der Waals surface area contributed by atoms with Crippen molar-refractivity contribution in [1.29, 1.82) is 0 Å². The van der Waals surface area contributed by atoms with Crippen molar-refractivity contribution in [2.45, 2.75) is 39.2 Å². The van der Waals surface area contributed by atoms with Gasteiger partial charge in [-0.25, -0.2) is 9.97 Å². The van der Waals surface area contributed by atoms with Gasteiger partial charge in [-0.1, -0.05) is 13.3 Å². The fraction of sp³-hybridized carbons (Fsp3) is 0.438. The summed E-state index contributed by atoms with van der Waals surface area (Å²) in [6, 6.07) is 4.06. The van der Waals surface area contributed by atoms with Gasteiger partial charge in [0.05, 0.1) is 5.69 Å². The lowest BCUT2D eigenvalue weighted by atomic mass is 10.0. The maximum Gasteiger partial charge on any atom is 0.133 e. The molecule has 104 valence electrons. The molecule has 0 aliphatic carbocycles. The third-order valence-electron chi connectivity index (χ3n) is 3.66. The van der Waals surface area contributed by atoms with E-state index in [1.54, 1.807) is 0 Å². The van der Waals surface area contributed by atoms with Crippen molar-refractivity contribution in [2.24, 2.45) is 0 Å². The van der Waals surface area contributed by atoms with E-state index >= 15 is 0 Å². The molecule has 3 rings (SSSR count). The van der Waals surface area contributed by atoms with Gasteiger partial charge in [0.15, 0.2) is 0 Å². The molecule has 0 amide bonds. The molecule has 0 bridgehead atoms. The molecule has 1 aliphatic rings. The van der Waals surface area contributed by atoms with Gasteiger partial charge in [0.25, 0.3) is 0 Å². The zero-order valence-corrected chi connectivity index (χ0v) is 11.9. The van der Waals surface area contributed by atoms with E-state index in [0.717, 1.165) is 44.6 Å². The van der Waals surface area contributed by atoms with E-state index < -0.39 is 0 Å². The van der Waals surface area contributed by atoms with Crippen LogP contribution in [0.4, 0.5) is 0 Å². The molecule has 0 unspecified atom stereocenters. The lowest BCUT2D eigenvalue weighted by Gasteiger charge is -2.20. The molecule has 2 aromatic heterocycles. The minimum absolute atomic E-state index is 0.792. The number of nitrogens with one attached hydrogen (secondary N) is 1. The highest BCUT2D eigenvalue weighted by Crippen LogP contribution is 2.18. The summed E-state index contributed by atoms with van der Waals surface area (Å²) >= 11 is 0. The standard InChI is InChI=1S/C16H20N4/c1-2-3-14-13-11-18-9-6-15(13)20-16(19-14)10-12-4-7-17-8-5-12/h4-5,7-8,18H,2-3,6,9-11H2,1H3. The Morgan fingerprint density at radius 3 is 2.85 bits per heavy atom. The Hall–Kier alpha value is -1.81. The van der Waals surface area contributed by atoms with E-state index in [4.69, 9.17) is 9.97 Å². The molecule has 0 fully saturated rings. The van der Waals surface area contributed by atoms with E-state index in [1.807, 2.05) is 24.5 Å². The molecule has 20 heavy (non-hydrogen) atoms. The van der Waals surface area contributed by atoms with Gasteiger partial charge < -0.3 is 5.32 Å². The molecule has 2 aromatic rings. The van der Waals surface area contributed by atoms with Crippen LogP contribution in [0.1, 0.15) is 41.7 Å². The molecular weight excluding hydrogens is 248 g/mol. The quantitative estimate of drug-likeness (QED) is 0.922. The van der Waals surface area contributed by atoms with Gasteiger partial charge in [-0.05, 0) is 24.1 Å². The van der Waals surface area contributed by atoms with Crippen molar-refractivity contribution in [2.75, 3.05) is 6.54 Å². The van der Waals surface area contributed by atoms with Gasteiger partial charge in [-0.3, -0.25) is 4.98 Å². The van der Waals surface area contributed by atoms with Crippen molar-refractivity contribution < 1.29 is 0 Å². The third-order valence-corrected chi connectivity index (χ3v) is 3.66.